The van der Waals surface area contributed by atoms with Crippen LogP contribution < -0.4 is 4.72 Å². The quantitative estimate of drug-likeness (QED) is 0.867. The van der Waals surface area contributed by atoms with Gasteiger partial charge >= 0.3 is 5.97 Å². The molecule has 0 aliphatic carbocycles. The van der Waals surface area contributed by atoms with Gasteiger partial charge in [-0.3, -0.25) is 4.79 Å². The Balaban J connectivity index is 2.90. The molecule has 0 radical (unpaired) electrons. The normalized spacial score (nSPS) is 11.4. The van der Waals surface area contributed by atoms with Crippen molar-refractivity contribution in [1.82, 2.24) is 4.72 Å². The zero-order valence-corrected chi connectivity index (χ0v) is 10.8. The molecule has 0 atom stereocenters. The van der Waals surface area contributed by atoms with Crippen LogP contribution in [0.25, 0.3) is 0 Å². The number of nitrogens with one attached hydrogen (secondary N) is 1. The molecule has 0 saturated carbocycles. The Kier molecular flexibility index (Phi) is 4.76. The predicted molar refractivity (Wildman–Crippen MR) is 63.9 cm³/mol. The van der Waals surface area contributed by atoms with Gasteiger partial charge in [-0.1, -0.05) is 29.3 Å². The lowest BCUT2D eigenvalue weighted by atomic mass is 10.4. The molecular weight excluding hydrogens is 289 g/mol. The van der Waals surface area contributed by atoms with Crippen molar-refractivity contribution in [3.63, 3.8) is 0 Å². The average molecular weight is 298 g/mol. The number of rotatable bonds is 5. The number of sulfonamides is 1. The molecule has 0 bridgehead atoms. The van der Waals surface area contributed by atoms with Crippen molar-refractivity contribution in [2.75, 3.05) is 6.54 Å². The Morgan fingerprint density at radius 1 is 1.35 bits per heavy atom. The van der Waals surface area contributed by atoms with Crippen LogP contribution in [0.5, 0.6) is 0 Å². The second kappa shape index (κ2) is 5.68. The summed E-state index contributed by atoms with van der Waals surface area (Å²) in [7, 11) is -3.84. The van der Waals surface area contributed by atoms with E-state index in [1.54, 1.807) is 0 Å². The zero-order chi connectivity index (χ0) is 13.1. The van der Waals surface area contributed by atoms with Crippen molar-refractivity contribution in [2.24, 2.45) is 0 Å². The Labute approximate surface area is 108 Å². The largest absolute Gasteiger partial charge is 0.481 e. The Morgan fingerprint density at radius 2 is 2.00 bits per heavy atom. The highest BCUT2D eigenvalue weighted by atomic mass is 35.5. The van der Waals surface area contributed by atoms with E-state index in [4.69, 9.17) is 28.3 Å². The maximum atomic E-state index is 11.7. The van der Waals surface area contributed by atoms with Crippen LogP contribution in [0.1, 0.15) is 6.42 Å². The van der Waals surface area contributed by atoms with Gasteiger partial charge in [0.15, 0.2) is 0 Å². The topological polar surface area (TPSA) is 83.5 Å². The molecule has 0 fully saturated rings. The molecule has 1 rings (SSSR count). The molecule has 8 heteroatoms. The summed E-state index contributed by atoms with van der Waals surface area (Å²) in [6.45, 7) is -0.208. The van der Waals surface area contributed by atoms with Gasteiger partial charge in [-0.25, -0.2) is 13.1 Å². The standard InChI is InChI=1S/C9H9Cl2NO4S/c10-6-2-1-3-7(9(6)11)17(15,16)12-5-4-8(13)14/h1-3,12H,4-5H2,(H,13,14). The highest BCUT2D eigenvalue weighted by Gasteiger charge is 2.19. The van der Waals surface area contributed by atoms with Gasteiger partial charge in [0.05, 0.1) is 16.5 Å². The molecule has 0 heterocycles. The smallest absolute Gasteiger partial charge is 0.304 e. The number of carboxylic acid groups (broad SMARTS) is 1. The molecule has 1 aromatic rings. The molecule has 0 spiro atoms. The average Bonchev–Trinajstić information content (AvgIpc) is 2.21. The SMILES string of the molecule is O=C(O)CCNS(=O)(=O)c1cccc(Cl)c1Cl. The zero-order valence-electron chi connectivity index (χ0n) is 8.48. The van der Waals surface area contributed by atoms with Crippen LogP contribution in [0.15, 0.2) is 23.1 Å². The lowest BCUT2D eigenvalue weighted by Gasteiger charge is -2.07. The summed E-state index contributed by atoms with van der Waals surface area (Å²) < 4.78 is 25.6. The van der Waals surface area contributed by atoms with Gasteiger partial charge in [-0.2, -0.15) is 0 Å². The Bertz CT molecular complexity index is 530. The summed E-state index contributed by atoms with van der Waals surface area (Å²) >= 11 is 11.4. The van der Waals surface area contributed by atoms with Crippen molar-refractivity contribution in [2.45, 2.75) is 11.3 Å². The van der Waals surface area contributed by atoms with E-state index < -0.39 is 16.0 Å². The highest BCUT2D eigenvalue weighted by Crippen LogP contribution is 2.28. The summed E-state index contributed by atoms with van der Waals surface area (Å²) in [5.41, 5.74) is 0. The van der Waals surface area contributed by atoms with Gasteiger partial charge in [-0.15, -0.1) is 0 Å². The minimum atomic E-state index is -3.84. The third-order valence-electron chi connectivity index (χ3n) is 1.84. The molecular formula is C9H9Cl2NO4S. The van der Waals surface area contributed by atoms with E-state index in [9.17, 15) is 13.2 Å². The number of carboxylic acids is 1. The van der Waals surface area contributed by atoms with Crippen LogP contribution in [0.4, 0.5) is 0 Å². The second-order valence-corrected chi connectivity index (χ2v) is 5.61. The summed E-state index contributed by atoms with van der Waals surface area (Å²) in [6, 6.07) is 4.19. The summed E-state index contributed by atoms with van der Waals surface area (Å²) in [4.78, 5) is 10.1. The van der Waals surface area contributed by atoms with E-state index in [0.29, 0.717) is 0 Å². The molecule has 1 aromatic carbocycles. The van der Waals surface area contributed by atoms with E-state index in [-0.39, 0.29) is 27.9 Å². The van der Waals surface area contributed by atoms with Crippen molar-refractivity contribution in [3.05, 3.63) is 28.2 Å². The van der Waals surface area contributed by atoms with E-state index in [1.807, 2.05) is 0 Å². The number of hydrogen-bond acceptors (Lipinski definition) is 3. The Hall–Kier alpha value is -0.820. The molecule has 17 heavy (non-hydrogen) atoms. The van der Waals surface area contributed by atoms with Gasteiger partial charge < -0.3 is 5.11 Å². The fourth-order valence-corrected chi connectivity index (χ4v) is 2.85. The third kappa shape index (κ3) is 3.85. The maximum absolute atomic E-state index is 11.7. The van der Waals surface area contributed by atoms with Crippen molar-refractivity contribution >= 4 is 39.2 Å². The lowest BCUT2D eigenvalue weighted by Crippen LogP contribution is -2.26. The maximum Gasteiger partial charge on any atom is 0.304 e. The predicted octanol–water partition coefficient (Wildman–Crippen LogP) is 1.75. The molecule has 0 unspecified atom stereocenters. The third-order valence-corrected chi connectivity index (χ3v) is 4.27. The molecule has 0 aliphatic rings. The van der Waals surface area contributed by atoms with Crippen LogP contribution >= 0.6 is 23.2 Å². The molecule has 0 amide bonds. The van der Waals surface area contributed by atoms with Crippen LogP contribution in [0.3, 0.4) is 0 Å². The first-order chi connectivity index (χ1) is 7.84. The number of carbonyl (C=O) groups is 1. The first-order valence-electron chi connectivity index (χ1n) is 4.50. The van der Waals surface area contributed by atoms with E-state index >= 15 is 0 Å². The van der Waals surface area contributed by atoms with E-state index in [2.05, 4.69) is 4.72 Å². The molecule has 0 aliphatic heterocycles. The molecule has 0 saturated heterocycles. The lowest BCUT2D eigenvalue weighted by molar-refractivity contribution is -0.136. The summed E-state index contributed by atoms with van der Waals surface area (Å²) in [5.74, 6) is -1.09. The molecule has 5 nitrogen and oxygen atoms in total. The van der Waals surface area contributed by atoms with Crippen LogP contribution in [0.2, 0.25) is 10.0 Å². The minimum absolute atomic E-state index is 0.0861. The monoisotopic (exact) mass is 297 g/mol. The fraction of sp³-hybridized carbons (Fsp3) is 0.222. The van der Waals surface area contributed by atoms with Gasteiger partial charge in [0.2, 0.25) is 10.0 Å². The van der Waals surface area contributed by atoms with Gasteiger partial charge in [0.1, 0.15) is 4.90 Å². The molecule has 0 aromatic heterocycles. The summed E-state index contributed by atoms with van der Waals surface area (Å²) in [6.07, 6.45) is -0.308. The van der Waals surface area contributed by atoms with Crippen molar-refractivity contribution < 1.29 is 18.3 Å². The minimum Gasteiger partial charge on any atom is -0.481 e. The van der Waals surface area contributed by atoms with Crippen molar-refractivity contribution in [1.29, 1.82) is 0 Å². The second-order valence-electron chi connectivity index (χ2n) is 3.09. The van der Waals surface area contributed by atoms with E-state index in [1.165, 1.54) is 18.2 Å². The first-order valence-corrected chi connectivity index (χ1v) is 6.74. The number of halogens is 2. The van der Waals surface area contributed by atoms with Gasteiger partial charge in [0, 0.05) is 6.54 Å². The molecule has 2 N–H and O–H groups in total. The summed E-state index contributed by atoms with van der Waals surface area (Å²) in [5, 5.41) is 8.43. The van der Waals surface area contributed by atoms with Crippen molar-refractivity contribution in [3.8, 4) is 0 Å². The van der Waals surface area contributed by atoms with E-state index in [0.717, 1.165) is 0 Å². The fourth-order valence-electron chi connectivity index (χ4n) is 1.06. The van der Waals surface area contributed by atoms with Crippen LogP contribution in [-0.2, 0) is 14.8 Å². The molecule has 94 valence electrons. The van der Waals surface area contributed by atoms with Crippen LogP contribution in [-0.4, -0.2) is 26.0 Å². The Morgan fingerprint density at radius 3 is 2.59 bits per heavy atom. The number of benzene rings is 1. The van der Waals surface area contributed by atoms with Gasteiger partial charge in [-0.05, 0) is 12.1 Å². The number of aliphatic carboxylic acids is 1. The van der Waals surface area contributed by atoms with Crippen LogP contribution in [0, 0.1) is 0 Å². The highest BCUT2D eigenvalue weighted by molar-refractivity contribution is 7.89. The number of hydrogen-bond donors (Lipinski definition) is 2. The van der Waals surface area contributed by atoms with Gasteiger partial charge in [0.25, 0.3) is 0 Å². The first kappa shape index (κ1) is 14.2.